The van der Waals surface area contributed by atoms with Crippen molar-refractivity contribution >= 4 is 12.1 Å². The van der Waals surface area contributed by atoms with Crippen LogP contribution in [0.4, 0.5) is 0 Å². The van der Waals surface area contributed by atoms with Gasteiger partial charge in [-0.15, -0.1) is 0 Å². The minimum absolute atomic E-state index is 0.581. The van der Waals surface area contributed by atoms with Crippen molar-refractivity contribution < 1.29 is 4.84 Å². The highest BCUT2D eigenvalue weighted by Crippen LogP contribution is 1.88. The molecule has 0 aliphatic heterocycles. The molecular weight excluding hydrogens is 192 g/mol. The van der Waals surface area contributed by atoms with E-state index in [-0.39, 0.29) is 0 Å². The minimum Gasteiger partial charge on any atom is -0.416 e. The molecule has 0 saturated carbocycles. The lowest BCUT2D eigenvalue weighted by molar-refractivity contribution is 0.140. The van der Waals surface area contributed by atoms with Crippen molar-refractivity contribution in [2.24, 2.45) is 9.98 Å². The zero-order valence-electron chi connectivity index (χ0n) is 9.66. The van der Waals surface area contributed by atoms with Gasteiger partial charge in [0.25, 0.3) is 0 Å². The van der Waals surface area contributed by atoms with Gasteiger partial charge >= 0.3 is 0 Å². The SMILES string of the molecule is CCNO/C=C/C(CC)=N/C=N\CNC. The molecule has 0 aliphatic carbocycles. The fraction of sp³-hybridized carbons (Fsp3) is 0.600. The van der Waals surface area contributed by atoms with Crippen LogP contribution in [-0.2, 0) is 4.84 Å². The number of hydroxylamine groups is 1. The van der Waals surface area contributed by atoms with Crippen molar-refractivity contribution in [1.29, 1.82) is 0 Å². The molecule has 0 aromatic carbocycles. The summed E-state index contributed by atoms with van der Waals surface area (Å²) in [5.41, 5.74) is 3.64. The molecule has 0 aliphatic rings. The van der Waals surface area contributed by atoms with Crippen LogP contribution in [0.5, 0.6) is 0 Å². The van der Waals surface area contributed by atoms with Crippen LogP contribution < -0.4 is 10.8 Å². The van der Waals surface area contributed by atoms with Crippen LogP contribution in [0.3, 0.4) is 0 Å². The molecule has 0 fully saturated rings. The summed E-state index contributed by atoms with van der Waals surface area (Å²) in [5, 5.41) is 2.90. The fourth-order valence-corrected chi connectivity index (χ4v) is 0.743. The second kappa shape index (κ2) is 10.9. The summed E-state index contributed by atoms with van der Waals surface area (Å²) >= 11 is 0. The second-order valence-corrected chi connectivity index (χ2v) is 2.70. The first-order valence-corrected chi connectivity index (χ1v) is 5.09. The molecule has 0 bridgehead atoms. The molecule has 0 unspecified atom stereocenters. The normalized spacial score (nSPS) is 12.9. The third-order valence-electron chi connectivity index (χ3n) is 1.47. The van der Waals surface area contributed by atoms with Crippen LogP contribution in [0.2, 0.25) is 0 Å². The number of hydrogen-bond acceptors (Lipinski definition) is 4. The third kappa shape index (κ3) is 9.11. The van der Waals surface area contributed by atoms with Crippen molar-refractivity contribution in [1.82, 2.24) is 10.8 Å². The lowest BCUT2D eigenvalue weighted by Gasteiger charge is -1.97. The van der Waals surface area contributed by atoms with E-state index in [9.17, 15) is 0 Å². The van der Waals surface area contributed by atoms with Crippen molar-refractivity contribution in [3.8, 4) is 0 Å². The molecule has 0 rings (SSSR count). The summed E-state index contributed by atoms with van der Waals surface area (Å²) < 4.78 is 0. The Labute approximate surface area is 91.3 Å². The Morgan fingerprint density at radius 2 is 2.20 bits per heavy atom. The average molecular weight is 212 g/mol. The highest BCUT2D eigenvalue weighted by molar-refractivity contribution is 5.98. The van der Waals surface area contributed by atoms with Crippen molar-refractivity contribution in [3.63, 3.8) is 0 Å². The summed E-state index contributed by atoms with van der Waals surface area (Å²) in [6.07, 6.45) is 5.79. The summed E-state index contributed by atoms with van der Waals surface area (Å²) in [6.45, 7) is 5.35. The molecule has 86 valence electrons. The first kappa shape index (κ1) is 13.8. The summed E-state index contributed by atoms with van der Waals surface area (Å²) in [4.78, 5) is 13.2. The largest absolute Gasteiger partial charge is 0.416 e. The zero-order valence-corrected chi connectivity index (χ0v) is 9.66. The van der Waals surface area contributed by atoms with E-state index in [1.165, 1.54) is 0 Å². The zero-order chi connectivity index (χ0) is 11.4. The van der Waals surface area contributed by atoms with Gasteiger partial charge in [0.05, 0.1) is 6.67 Å². The Morgan fingerprint density at radius 3 is 2.80 bits per heavy atom. The third-order valence-corrected chi connectivity index (χ3v) is 1.47. The molecule has 0 radical (unpaired) electrons. The quantitative estimate of drug-likeness (QED) is 0.208. The van der Waals surface area contributed by atoms with Crippen molar-refractivity contribution in [3.05, 3.63) is 12.3 Å². The van der Waals surface area contributed by atoms with Gasteiger partial charge in [-0.3, -0.25) is 4.99 Å². The number of nitrogens with zero attached hydrogens (tertiary/aromatic N) is 2. The molecule has 0 amide bonds. The van der Waals surface area contributed by atoms with E-state index >= 15 is 0 Å². The predicted octanol–water partition coefficient (Wildman–Crippen LogP) is 1.10. The summed E-state index contributed by atoms with van der Waals surface area (Å²) in [5.74, 6) is 0. The molecule has 5 heteroatoms. The highest BCUT2D eigenvalue weighted by atomic mass is 16.6. The maximum atomic E-state index is 4.97. The number of hydrogen-bond donors (Lipinski definition) is 2. The monoisotopic (exact) mass is 212 g/mol. The van der Waals surface area contributed by atoms with Gasteiger partial charge in [-0.25, -0.2) is 4.99 Å². The standard InChI is InChI=1S/C10H20N4O/c1-4-10(6-7-15-14-5-2)13-9-12-8-11-3/h6-7,9,11,14H,4-5,8H2,1-3H3/b7-6+,12-9-,13-10+. The van der Waals surface area contributed by atoms with Crippen LogP contribution >= 0.6 is 0 Å². The van der Waals surface area contributed by atoms with Crippen molar-refractivity contribution in [2.45, 2.75) is 20.3 Å². The van der Waals surface area contributed by atoms with E-state index in [1.807, 2.05) is 27.0 Å². The predicted molar refractivity (Wildman–Crippen MR) is 64.0 cm³/mol. The van der Waals surface area contributed by atoms with E-state index in [0.717, 1.165) is 18.7 Å². The average Bonchev–Trinajstić information content (AvgIpc) is 2.27. The van der Waals surface area contributed by atoms with Gasteiger partial charge in [-0.2, -0.15) is 5.48 Å². The lowest BCUT2D eigenvalue weighted by atomic mass is 10.3. The topological polar surface area (TPSA) is 58.0 Å². The molecule has 0 spiro atoms. The molecule has 0 saturated heterocycles. The number of rotatable bonds is 8. The van der Waals surface area contributed by atoms with E-state index < -0.39 is 0 Å². The van der Waals surface area contributed by atoms with Gasteiger partial charge < -0.3 is 10.2 Å². The van der Waals surface area contributed by atoms with Crippen LogP contribution in [0.25, 0.3) is 0 Å². The van der Waals surface area contributed by atoms with Crippen LogP contribution in [0.15, 0.2) is 22.3 Å². The Kier molecular flexibility index (Phi) is 10.0. The number of nitrogens with one attached hydrogen (secondary N) is 2. The van der Waals surface area contributed by atoms with E-state index in [1.54, 1.807) is 12.6 Å². The smallest absolute Gasteiger partial charge is 0.113 e. The van der Waals surface area contributed by atoms with Gasteiger partial charge in [0.1, 0.15) is 12.6 Å². The fourth-order valence-electron chi connectivity index (χ4n) is 0.743. The highest BCUT2D eigenvalue weighted by Gasteiger charge is 1.87. The van der Waals surface area contributed by atoms with Crippen LogP contribution in [0.1, 0.15) is 20.3 Å². The van der Waals surface area contributed by atoms with E-state index in [2.05, 4.69) is 20.8 Å². The van der Waals surface area contributed by atoms with Crippen LogP contribution in [0, 0.1) is 0 Å². The summed E-state index contributed by atoms with van der Waals surface area (Å²) in [6, 6.07) is 0. The molecular formula is C10H20N4O. The molecule has 5 nitrogen and oxygen atoms in total. The summed E-state index contributed by atoms with van der Waals surface area (Å²) in [7, 11) is 1.84. The number of aliphatic imine (C=N–C) groups is 2. The first-order chi connectivity index (χ1) is 7.35. The molecule has 15 heavy (non-hydrogen) atoms. The molecule has 0 heterocycles. The van der Waals surface area contributed by atoms with Crippen LogP contribution in [-0.4, -0.2) is 32.3 Å². The maximum absolute atomic E-state index is 4.97. The second-order valence-electron chi connectivity index (χ2n) is 2.70. The van der Waals surface area contributed by atoms with Gasteiger partial charge in [0.15, 0.2) is 0 Å². The first-order valence-electron chi connectivity index (χ1n) is 5.09. The van der Waals surface area contributed by atoms with E-state index in [4.69, 9.17) is 4.84 Å². The van der Waals surface area contributed by atoms with Gasteiger partial charge in [0.2, 0.25) is 0 Å². The maximum Gasteiger partial charge on any atom is 0.113 e. The molecule has 2 N–H and O–H groups in total. The molecule has 0 atom stereocenters. The van der Waals surface area contributed by atoms with E-state index in [0.29, 0.717) is 6.67 Å². The molecule has 0 aromatic rings. The van der Waals surface area contributed by atoms with Gasteiger partial charge in [-0.1, -0.05) is 6.92 Å². The Bertz CT molecular complexity index is 223. The number of allylic oxidation sites excluding steroid dienone is 1. The minimum atomic E-state index is 0.581. The van der Waals surface area contributed by atoms with Gasteiger partial charge in [-0.05, 0) is 26.5 Å². The van der Waals surface area contributed by atoms with Crippen molar-refractivity contribution in [2.75, 3.05) is 20.3 Å². The molecule has 0 aromatic heterocycles. The van der Waals surface area contributed by atoms with Gasteiger partial charge in [0, 0.05) is 12.3 Å². The Balaban J connectivity index is 3.94. The Hall–Kier alpha value is -1.20. The lowest BCUT2D eigenvalue weighted by Crippen LogP contribution is -2.09. The Morgan fingerprint density at radius 1 is 1.40 bits per heavy atom.